The summed E-state index contributed by atoms with van der Waals surface area (Å²) in [5.74, 6) is 2.13. The number of anilines is 1. The lowest BCUT2D eigenvalue weighted by molar-refractivity contribution is -0.124. The average Bonchev–Trinajstić information content (AvgIpc) is 3.14. The number of hydrogen-bond donors (Lipinski definition) is 1. The first-order valence-corrected chi connectivity index (χ1v) is 8.23. The van der Waals surface area contributed by atoms with Crippen molar-refractivity contribution in [3.05, 3.63) is 12.0 Å². The maximum absolute atomic E-state index is 12.1. The lowest BCUT2D eigenvalue weighted by atomic mass is 10.1. The van der Waals surface area contributed by atoms with E-state index in [-0.39, 0.29) is 17.7 Å². The second-order valence-electron chi connectivity index (χ2n) is 6.39. The molecule has 7 nitrogen and oxygen atoms in total. The van der Waals surface area contributed by atoms with Crippen LogP contribution in [0.4, 0.5) is 5.82 Å². The smallest absolute Gasteiger partial charge is 0.224 e. The number of hydrogen-bond acceptors (Lipinski definition) is 5. The van der Waals surface area contributed by atoms with Gasteiger partial charge in [-0.1, -0.05) is 13.8 Å². The molecule has 1 aliphatic rings. The van der Waals surface area contributed by atoms with Crippen molar-refractivity contribution in [2.24, 2.45) is 13.0 Å². The number of nitrogens with one attached hydrogen (secondary N) is 1. The fraction of sp³-hybridized carbons (Fsp3) is 0.625. The molecule has 1 amide bonds. The normalized spacial score (nSPS) is 18.1. The Labute approximate surface area is 136 Å². The standard InChI is InChI=1S/C16H24N6O/c1-5-17-16(23)11-6-7-22(9-11)15-12-8-18-21(4)14(12)19-13(20-15)10(2)3/h8,10-11H,5-7,9H2,1-4H3,(H,17,23)/t11-/m0/s1. The maximum atomic E-state index is 12.1. The fourth-order valence-corrected chi connectivity index (χ4v) is 3.01. The van der Waals surface area contributed by atoms with Crippen LogP contribution in [0.5, 0.6) is 0 Å². The predicted octanol–water partition coefficient (Wildman–Crippen LogP) is 1.45. The Morgan fingerprint density at radius 1 is 1.43 bits per heavy atom. The van der Waals surface area contributed by atoms with E-state index in [9.17, 15) is 4.79 Å². The highest BCUT2D eigenvalue weighted by atomic mass is 16.1. The Balaban J connectivity index is 1.95. The molecule has 0 aromatic carbocycles. The molecule has 0 unspecified atom stereocenters. The van der Waals surface area contributed by atoms with E-state index in [1.54, 1.807) is 4.68 Å². The lowest BCUT2D eigenvalue weighted by Gasteiger charge is -2.19. The Kier molecular flexibility index (Phi) is 4.19. The van der Waals surface area contributed by atoms with Gasteiger partial charge < -0.3 is 10.2 Å². The molecular formula is C16H24N6O. The van der Waals surface area contributed by atoms with Gasteiger partial charge in [-0.15, -0.1) is 0 Å². The van der Waals surface area contributed by atoms with E-state index in [1.165, 1.54) is 0 Å². The molecule has 1 atom stereocenters. The number of aromatic nitrogens is 4. The zero-order chi connectivity index (χ0) is 16.6. The van der Waals surface area contributed by atoms with Crippen molar-refractivity contribution < 1.29 is 4.79 Å². The highest BCUT2D eigenvalue weighted by Crippen LogP contribution is 2.29. The molecule has 1 aliphatic heterocycles. The van der Waals surface area contributed by atoms with Crippen molar-refractivity contribution in [3.8, 4) is 0 Å². The minimum Gasteiger partial charge on any atom is -0.356 e. The third-order valence-corrected chi connectivity index (χ3v) is 4.32. The van der Waals surface area contributed by atoms with Crippen molar-refractivity contribution >= 4 is 22.8 Å². The molecule has 0 spiro atoms. The number of amides is 1. The monoisotopic (exact) mass is 316 g/mol. The molecule has 7 heteroatoms. The summed E-state index contributed by atoms with van der Waals surface area (Å²) in [4.78, 5) is 23.7. The van der Waals surface area contributed by atoms with Gasteiger partial charge in [-0.3, -0.25) is 9.48 Å². The first kappa shape index (κ1) is 15.7. The van der Waals surface area contributed by atoms with E-state index in [0.717, 1.165) is 35.6 Å². The lowest BCUT2D eigenvalue weighted by Crippen LogP contribution is -2.32. The van der Waals surface area contributed by atoms with Crippen LogP contribution in [0.3, 0.4) is 0 Å². The minimum atomic E-state index is 0.0270. The summed E-state index contributed by atoms with van der Waals surface area (Å²) in [5.41, 5.74) is 0.847. The number of aryl methyl sites for hydroxylation is 1. The first-order chi connectivity index (χ1) is 11.0. The molecule has 0 bridgehead atoms. The molecule has 124 valence electrons. The molecule has 3 heterocycles. The van der Waals surface area contributed by atoms with Crippen LogP contribution in [0.2, 0.25) is 0 Å². The Morgan fingerprint density at radius 3 is 2.91 bits per heavy atom. The van der Waals surface area contributed by atoms with E-state index < -0.39 is 0 Å². The van der Waals surface area contributed by atoms with Gasteiger partial charge in [0.05, 0.1) is 17.5 Å². The third kappa shape index (κ3) is 2.87. The quantitative estimate of drug-likeness (QED) is 0.924. The molecule has 1 N–H and O–H groups in total. The van der Waals surface area contributed by atoms with Crippen LogP contribution in [0.1, 0.15) is 38.9 Å². The van der Waals surface area contributed by atoms with Crippen molar-refractivity contribution in [2.45, 2.75) is 33.1 Å². The van der Waals surface area contributed by atoms with Gasteiger partial charge in [-0.25, -0.2) is 9.97 Å². The van der Waals surface area contributed by atoms with E-state index in [0.29, 0.717) is 13.1 Å². The van der Waals surface area contributed by atoms with E-state index in [4.69, 9.17) is 4.98 Å². The second kappa shape index (κ2) is 6.14. The van der Waals surface area contributed by atoms with Crippen LogP contribution in [0, 0.1) is 5.92 Å². The highest BCUT2D eigenvalue weighted by Gasteiger charge is 2.30. The number of carbonyl (C=O) groups is 1. The molecule has 1 fully saturated rings. The van der Waals surface area contributed by atoms with Crippen molar-refractivity contribution in [1.29, 1.82) is 0 Å². The highest BCUT2D eigenvalue weighted by molar-refractivity contribution is 5.88. The van der Waals surface area contributed by atoms with Crippen LogP contribution < -0.4 is 10.2 Å². The molecule has 23 heavy (non-hydrogen) atoms. The van der Waals surface area contributed by atoms with Crippen LogP contribution in [-0.4, -0.2) is 45.3 Å². The Morgan fingerprint density at radius 2 is 2.22 bits per heavy atom. The molecule has 0 saturated carbocycles. The zero-order valence-corrected chi connectivity index (χ0v) is 14.2. The van der Waals surface area contributed by atoms with Gasteiger partial charge in [0.25, 0.3) is 0 Å². The Hall–Kier alpha value is -2.18. The van der Waals surface area contributed by atoms with Crippen LogP contribution in [-0.2, 0) is 11.8 Å². The maximum Gasteiger partial charge on any atom is 0.224 e. The first-order valence-electron chi connectivity index (χ1n) is 8.23. The third-order valence-electron chi connectivity index (χ3n) is 4.32. The molecule has 2 aromatic heterocycles. The largest absolute Gasteiger partial charge is 0.356 e. The van der Waals surface area contributed by atoms with Gasteiger partial charge in [-0.2, -0.15) is 5.10 Å². The summed E-state index contributed by atoms with van der Waals surface area (Å²) >= 11 is 0. The average molecular weight is 316 g/mol. The molecule has 3 rings (SSSR count). The van der Waals surface area contributed by atoms with E-state index in [1.807, 2.05) is 20.2 Å². The van der Waals surface area contributed by atoms with Crippen molar-refractivity contribution in [3.63, 3.8) is 0 Å². The summed E-state index contributed by atoms with van der Waals surface area (Å²) in [6, 6.07) is 0. The van der Waals surface area contributed by atoms with Crippen molar-refractivity contribution in [2.75, 3.05) is 24.5 Å². The summed E-state index contributed by atoms with van der Waals surface area (Å²) in [5, 5.41) is 8.19. The van der Waals surface area contributed by atoms with Crippen LogP contribution >= 0.6 is 0 Å². The van der Waals surface area contributed by atoms with Gasteiger partial charge in [0, 0.05) is 32.6 Å². The zero-order valence-electron chi connectivity index (χ0n) is 14.2. The van der Waals surface area contributed by atoms with Crippen LogP contribution in [0.25, 0.3) is 11.0 Å². The summed E-state index contributed by atoms with van der Waals surface area (Å²) < 4.78 is 1.78. The molecule has 1 saturated heterocycles. The van der Waals surface area contributed by atoms with Crippen molar-refractivity contribution in [1.82, 2.24) is 25.1 Å². The number of rotatable bonds is 4. The molecule has 2 aromatic rings. The van der Waals surface area contributed by atoms with Gasteiger partial charge in [0.15, 0.2) is 5.65 Å². The van der Waals surface area contributed by atoms with Gasteiger partial charge >= 0.3 is 0 Å². The van der Waals surface area contributed by atoms with Crippen LogP contribution in [0.15, 0.2) is 6.20 Å². The predicted molar refractivity (Wildman–Crippen MR) is 89.4 cm³/mol. The molecule has 0 radical (unpaired) electrons. The summed E-state index contributed by atoms with van der Waals surface area (Å²) in [6.07, 6.45) is 2.67. The Bertz CT molecular complexity index is 723. The van der Waals surface area contributed by atoms with E-state index in [2.05, 4.69) is 34.1 Å². The fourth-order valence-electron chi connectivity index (χ4n) is 3.01. The molecular weight excluding hydrogens is 292 g/mol. The number of fused-ring (bicyclic) bond motifs is 1. The van der Waals surface area contributed by atoms with E-state index >= 15 is 0 Å². The number of carbonyl (C=O) groups excluding carboxylic acids is 1. The SMILES string of the molecule is CCNC(=O)[C@H]1CCN(c2nc(C(C)C)nc3c2cnn3C)C1. The van der Waals surface area contributed by atoms with Gasteiger partial charge in [0.2, 0.25) is 5.91 Å². The molecule has 0 aliphatic carbocycles. The second-order valence-corrected chi connectivity index (χ2v) is 6.39. The summed E-state index contributed by atoms with van der Waals surface area (Å²) in [6.45, 7) is 8.33. The topological polar surface area (TPSA) is 75.9 Å². The number of nitrogens with zero attached hydrogens (tertiary/aromatic N) is 5. The van der Waals surface area contributed by atoms with Gasteiger partial charge in [0.1, 0.15) is 11.6 Å². The summed E-state index contributed by atoms with van der Waals surface area (Å²) in [7, 11) is 1.89. The van der Waals surface area contributed by atoms with Gasteiger partial charge in [-0.05, 0) is 13.3 Å². The minimum absolute atomic E-state index is 0.0270.